The zero-order valence-electron chi connectivity index (χ0n) is 12.0. The third-order valence-corrected chi connectivity index (χ3v) is 3.76. The van der Waals surface area contributed by atoms with Crippen molar-refractivity contribution in [2.24, 2.45) is 0 Å². The maximum Gasteiger partial charge on any atom is 0.338 e. The van der Waals surface area contributed by atoms with Crippen molar-refractivity contribution in [1.82, 2.24) is 0 Å². The molecule has 0 atom stereocenters. The van der Waals surface area contributed by atoms with Crippen molar-refractivity contribution in [3.05, 3.63) is 47.5 Å². The van der Waals surface area contributed by atoms with Crippen LogP contribution in [0.2, 0.25) is 0 Å². The van der Waals surface area contributed by atoms with E-state index in [0.717, 1.165) is 23.6 Å². The average Bonchev–Trinajstić information content (AvgIpc) is 3.05. The number of rotatable bonds is 4. The molecule has 110 valence electrons. The Morgan fingerprint density at radius 1 is 1.14 bits per heavy atom. The molecule has 0 unspecified atom stereocenters. The third kappa shape index (κ3) is 2.91. The Kier molecular flexibility index (Phi) is 4.18. The number of carbonyl (C=O) groups is 1. The minimum atomic E-state index is -0.305. The van der Waals surface area contributed by atoms with Crippen molar-refractivity contribution in [1.29, 1.82) is 0 Å². The summed E-state index contributed by atoms with van der Waals surface area (Å²) in [7, 11) is 1.40. The fourth-order valence-electron chi connectivity index (χ4n) is 2.71. The van der Waals surface area contributed by atoms with Crippen LogP contribution < -0.4 is 0 Å². The second-order valence-electron chi connectivity index (χ2n) is 5.02. The summed E-state index contributed by atoms with van der Waals surface area (Å²) in [5.74, 6) is -0.305. The topological polar surface area (TPSA) is 44.8 Å². The van der Waals surface area contributed by atoms with Crippen molar-refractivity contribution < 1.29 is 19.0 Å². The van der Waals surface area contributed by atoms with Crippen LogP contribution in [-0.2, 0) is 20.6 Å². The van der Waals surface area contributed by atoms with Crippen LogP contribution in [0.15, 0.2) is 36.4 Å². The molecule has 0 radical (unpaired) electrons. The van der Waals surface area contributed by atoms with E-state index in [1.54, 1.807) is 0 Å². The minimum absolute atomic E-state index is 0.107. The lowest BCUT2D eigenvalue weighted by Gasteiger charge is -2.12. The molecule has 1 saturated heterocycles. The van der Waals surface area contributed by atoms with Crippen molar-refractivity contribution in [2.45, 2.75) is 19.1 Å². The fourth-order valence-corrected chi connectivity index (χ4v) is 2.71. The van der Waals surface area contributed by atoms with Gasteiger partial charge in [-0.1, -0.05) is 30.3 Å². The van der Waals surface area contributed by atoms with E-state index in [-0.39, 0.29) is 12.3 Å². The Hall–Kier alpha value is -1.91. The molecule has 0 spiro atoms. The van der Waals surface area contributed by atoms with Crippen molar-refractivity contribution in [2.75, 3.05) is 20.3 Å². The van der Waals surface area contributed by atoms with E-state index in [1.807, 2.05) is 36.4 Å². The molecule has 2 aromatic rings. The summed E-state index contributed by atoms with van der Waals surface area (Å²) in [5.41, 5.74) is 1.79. The predicted molar refractivity (Wildman–Crippen MR) is 79.3 cm³/mol. The minimum Gasteiger partial charge on any atom is -0.465 e. The molecule has 0 saturated carbocycles. The van der Waals surface area contributed by atoms with Gasteiger partial charge in [-0.15, -0.1) is 0 Å². The highest BCUT2D eigenvalue weighted by molar-refractivity contribution is 6.05. The van der Waals surface area contributed by atoms with Crippen LogP contribution in [0, 0.1) is 0 Å². The molecule has 1 heterocycles. The van der Waals surface area contributed by atoms with E-state index in [4.69, 9.17) is 14.2 Å². The molecule has 2 aromatic carbocycles. The van der Waals surface area contributed by atoms with E-state index in [1.165, 1.54) is 12.7 Å². The molecule has 0 N–H and O–H groups in total. The van der Waals surface area contributed by atoms with E-state index < -0.39 is 0 Å². The highest BCUT2D eigenvalue weighted by atomic mass is 16.7. The number of esters is 1. The van der Waals surface area contributed by atoms with Crippen LogP contribution in [0.25, 0.3) is 10.8 Å². The molecular weight excluding hydrogens is 268 g/mol. The van der Waals surface area contributed by atoms with Gasteiger partial charge in [0.1, 0.15) is 0 Å². The lowest BCUT2D eigenvalue weighted by atomic mass is 9.97. The number of aryl methyl sites for hydroxylation is 1. The van der Waals surface area contributed by atoms with Gasteiger partial charge < -0.3 is 14.2 Å². The molecule has 1 aliphatic rings. The quantitative estimate of drug-likeness (QED) is 0.811. The number of methoxy groups -OCH3 is 1. The van der Waals surface area contributed by atoms with Gasteiger partial charge in [-0.25, -0.2) is 4.79 Å². The molecule has 4 heteroatoms. The smallest absolute Gasteiger partial charge is 0.338 e. The van der Waals surface area contributed by atoms with E-state index in [0.29, 0.717) is 18.8 Å². The molecule has 21 heavy (non-hydrogen) atoms. The Morgan fingerprint density at radius 2 is 1.86 bits per heavy atom. The van der Waals surface area contributed by atoms with Gasteiger partial charge in [0.2, 0.25) is 0 Å². The van der Waals surface area contributed by atoms with E-state index in [9.17, 15) is 4.79 Å². The Labute approximate surface area is 123 Å². The van der Waals surface area contributed by atoms with Crippen molar-refractivity contribution in [3.8, 4) is 0 Å². The summed E-state index contributed by atoms with van der Waals surface area (Å²) in [6.07, 6.45) is 1.57. The van der Waals surface area contributed by atoms with Crippen LogP contribution in [-0.4, -0.2) is 32.6 Å². The number of hydrogen-bond acceptors (Lipinski definition) is 4. The zero-order valence-corrected chi connectivity index (χ0v) is 12.0. The number of fused-ring (bicyclic) bond motifs is 1. The van der Waals surface area contributed by atoms with Crippen molar-refractivity contribution in [3.63, 3.8) is 0 Å². The molecule has 3 rings (SSSR count). The Morgan fingerprint density at radius 3 is 2.57 bits per heavy atom. The van der Waals surface area contributed by atoms with Gasteiger partial charge in [-0.3, -0.25) is 0 Å². The second-order valence-corrected chi connectivity index (χ2v) is 5.02. The van der Waals surface area contributed by atoms with Gasteiger partial charge in [0, 0.05) is 6.42 Å². The third-order valence-electron chi connectivity index (χ3n) is 3.76. The SMILES string of the molecule is COC(=O)c1ccc(CCC2OCCO2)c2ccccc12. The van der Waals surface area contributed by atoms with Gasteiger partial charge in [0.05, 0.1) is 25.9 Å². The first kappa shape index (κ1) is 14.0. The first-order valence-electron chi connectivity index (χ1n) is 7.12. The monoisotopic (exact) mass is 286 g/mol. The summed E-state index contributed by atoms with van der Waals surface area (Å²) in [5, 5.41) is 2.01. The van der Waals surface area contributed by atoms with Crippen LogP contribution in [0.4, 0.5) is 0 Å². The zero-order chi connectivity index (χ0) is 14.7. The molecule has 0 amide bonds. The number of carbonyl (C=O) groups excluding carboxylic acids is 1. The molecule has 0 aromatic heterocycles. The second kappa shape index (κ2) is 6.24. The molecular formula is C17H18O4. The molecule has 4 nitrogen and oxygen atoms in total. The number of ether oxygens (including phenoxy) is 3. The van der Waals surface area contributed by atoms with Gasteiger partial charge >= 0.3 is 5.97 Å². The molecule has 1 aliphatic heterocycles. The maximum atomic E-state index is 11.8. The highest BCUT2D eigenvalue weighted by Crippen LogP contribution is 2.25. The largest absolute Gasteiger partial charge is 0.465 e. The van der Waals surface area contributed by atoms with Gasteiger partial charge in [-0.2, -0.15) is 0 Å². The summed E-state index contributed by atoms with van der Waals surface area (Å²) in [4.78, 5) is 11.8. The summed E-state index contributed by atoms with van der Waals surface area (Å²) in [6.45, 7) is 1.35. The van der Waals surface area contributed by atoms with Crippen molar-refractivity contribution >= 4 is 16.7 Å². The van der Waals surface area contributed by atoms with Crippen LogP contribution in [0.5, 0.6) is 0 Å². The fraction of sp³-hybridized carbons (Fsp3) is 0.353. The lowest BCUT2D eigenvalue weighted by Crippen LogP contribution is -2.09. The van der Waals surface area contributed by atoms with Crippen LogP contribution in [0.3, 0.4) is 0 Å². The van der Waals surface area contributed by atoms with E-state index >= 15 is 0 Å². The first-order chi connectivity index (χ1) is 10.3. The summed E-state index contributed by atoms with van der Waals surface area (Å²) in [6, 6.07) is 11.7. The summed E-state index contributed by atoms with van der Waals surface area (Å²) >= 11 is 0. The summed E-state index contributed by atoms with van der Waals surface area (Å²) < 4.78 is 15.8. The molecule has 0 aliphatic carbocycles. The first-order valence-corrected chi connectivity index (χ1v) is 7.12. The highest BCUT2D eigenvalue weighted by Gasteiger charge is 2.17. The molecule has 1 fully saturated rings. The Balaban J connectivity index is 1.90. The van der Waals surface area contributed by atoms with Crippen LogP contribution in [0.1, 0.15) is 22.3 Å². The lowest BCUT2D eigenvalue weighted by molar-refractivity contribution is -0.0461. The number of benzene rings is 2. The van der Waals surface area contributed by atoms with Gasteiger partial charge in [0.15, 0.2) is 6.29 Å². The van der Waals surface area contributed by atoms with E-state index in [2.05, 4.69) is 0 Å². The standard InChI is InChI=1S/C17H18O4/c1-19-17(18)15-8-6-12(7-9-16-20-10-11-21-16)13-4-2-3-5-14(13)15/h2-6,8,16H,7,9-11H2,1H3. The van der Waals surface area contributed by atoms with Gasteiger partial charge in [-0.05, 0) is 28.8 Å². The predicted octanol–water partition coefficient (Wildman–Crippen LogP) is 2.93. The average molecular weight is 286 g/mol. The van der Waals surface area contributed by atoms with Crippen LogP contribution >= 0.6 is 0 Å². The van der Waals surface area contributed by atoms with Gasteiger partial charge in [0.25, 0.3) is 0 Å². The number of hydrogen-bond donors (Lipinski definition) is 0. The normalized spacial score (nSPS) is 15.5. The maximum absolute atomic E-state index is 11.8. The Bertz CT molecular complexity index is 644. The molecule has 0 bridgehead atoms.